The van der Waals surface area contributed by atoms with Gasteiger partial charge in [-0.15, -0.1) is 0 Å². The second kappa shape index (κ2) is 6.16. The Morgan fingerprint density at radius 2 is 2.19 bits per heavy atom. The predicted molar refractivity (Wildman–Crippen MR) is 85.1 cm³/mol. The molecule has 0 saturated carbocycles. The van der Waals surface area contributed by atoms with Gasteiger partial charge in [-0.3, -0.25) is 0 Å². The molecule has 0 radical (unpaired) electrons. The summed E-state index contributed by atoms with van der Waals surface area (Å²) >= 11 is 3.48. The van der Waals surface area contributed by atoms with E-state index >= 15 is 0 Å². The number of fused-ring (bicyclic) bond motifs is 1. The van der Waals surface area contributed by atoms with Gasteiger partial charge >= 0.3 is 0 Å². The lowest BCUT2D eigenvalue weighted by atomic mass is 10.1. The molecule has 0 aliphatic carbocycles. The number of rotatable bonds is 4. The molecule has 0 fully saturated rings. The lowest BCUT2D eigenvalue weighted by Crippen LogP contribution is -2.31. The van der Waals surface area contributed by atoms with Gasteiger partial charge in [-0.25, -0.2) is 4.39 Å². The minimum Gasteiger partial charge on any atom is -0.488 e. The Morgan fingerprint density at radius 3 is 3.00 bits per heavy atom. The van der Waals surface area contributed by atoms with Crippen LogP contribution in [0.2, 0.25) is 0 Å². The number of halogens is 2. The maximum Gasteiger partial charge on any atom is 0.123 e. The molecule has 21 heavy (non-hydrogen) atoms. The second-order valence-corrected chi connectivity index (χ2v) is 6.30. The molecule has 2 nitrogen and oxygen atoms in total. The first-order chi connectivity index (χ1) is 10.1. The zero-order valence-corrected chi connectivity index (χ0v) is 13.4. The van der Waals surface area contributed by atoms with Gasteiger partial charge in [0.25, 0.3) is 0 Å². The monoisotopic (exact) mass is 349 g/mol. The SMILES string of the molecule is CC(NCC1Cc2cc(Br)ccc2O1)c1cccc(F)c1. The first-order valence-corrected chi connectivity index (χ1v) is 7.85. The zero-order chi connectivity index (χ0) is 14.8. The molecule has 0 bridgehead atoms. The summed E-state index contributed by atoms with van der Waals surface area (Å²) in [6.07, 6.45) is 1.03. The van der Waals surface area contributed by atoms with Crippen molar-refractivity contribution in [2.75, 3.05) is 6.54 Å². The topological polar surface area (TPSA) is 21.3 Å². The summed E-state index contributed by atoms with van der Waals surface area (Å²) in [5, 5.41) is 3.41. The fourth-order valence-corrected chi connectivity index (χ4v) is 3.01. The molecule has 1 aliphatic rings. The van der Waals surface area contributed by atoms with Crippen molar-refractivity contribution in [1.82, 2.24) is 5.32 Å². The van der Waals surface area contributed by atoms with E-state index in [1.54, 1.807) is 12.1 Å². The van der Waals surface area contributed by atoms with Crippen LogP contribution < -0.4 is 10.1 Å². The van der Waals surface area contributed by atoms with Crippen molar-refractivity contribution < 1.29 is 9.13 Å². The highest BCUT2D eigenvalue weighted by atomic mass is 79.9. The van der Waals surface area contributed by atoms with Crippen molar-refractivity contribution in [3.8, 4) is 5.75 Å². The molecule has 0 aromatic heterocycles. The third kappa shape index (κ3) is 3.44. The van der Waals surface area contributed by atoms with Crippen LogP contribution in [0, 0.1) is 5.82 Å². The molecule has 2 atom stereocenters. The zero-order valence-electron chi connectivity index (χ0n) is 11.8. The van der Waals surface area contributed by atoms with Gasteiger partial charge in [0.2, 0.25) is 0 Å². The summed E-state index contributed by atoms with van der Waals surface area (Å²) in [6.45, 7) is 2.78. The molecule has 4 heteroatoms. The molecular formula is C17H17BrFNO. The average Bonchev–Trinajstić information content (AvgIpc) is 2.86. The highest BCUT2D eigenvalue weighted by Crippen LogP contribution is 2.31. The minimum absolute atomic E-state index is 0.0970. The van der Waals surface area contributed by atoms with Crippen molar-refractivity contribution >= 4 is 15.9 Å². The van der Waals surface area contributed by atoms with Crippen LogP contribution in [0.3, 0.4) is 0 Å². The van der Waals surface area contributed by atoms with E-state index in [1.807, 2.05) is 25.1 Å². The van der Waals surface area contributed by atoms with Gasteiger partial charge in [0.15, 0.2) is 0 Å². The number of nitrogens with one attached hydrogen (secondary N) is 1. The molecule has 0 amide bonds. The maximum absolute atomic E-state index is 13.2. The van der Waals surface area contributed by atoms with Crippen LogP contribution in [0.1, 0.15) is 24.1 Å². The maximum atomic E-state index is 13.2. The number of benzene rings is 2. The van der Waals surface area contributed by atoms with Gasteiger partial charge in [-0.05, 0) is 48.4 Å². The van der Waals surface area contributed by atoms with E-state index in [0.717, 1.165) is 28.8 Å². The molecule has 2 aromatic carbocycles. The summed E-state index contributed by atoms with van der Waals surface area (Å²) in [6, 6.07) is 12.9. The summed E-state index contributed by atoms with van der Waals surface area (Å²) in [5.41, 5.74) is 2.18. The first kappa shape index (κ1) is 14.5. The van der Waals surface area contributed by atoms with E-state index in [4.69, 9.17) is 4.74 Å². The van der Waals surface area contributed by atoms with Crippen LogP contribution in [0.25, 0.3) is 0 Å². The van der Waals surface area contributed by atoms with Crippen LogP contribution in [0.4, 0.5) is 4.39 Å². The molecule has 2 unspecified atom stereocenters. The van der Waals surface area contributed by atoms with Crippen molar-refractivity contribution in [3.63, 3.8) is 0 Å². The normalized spacial score (nSPS) is 18.1. The highest BCUT2D eigenvalue weighted by molar-refractivity contribution is 9.10. The van der Waals surface area contributed by atoms with E-state index in [-0.39, 0.29) is 18.0 Å². The van der Waals surface area contributed by atoms with Gasteiger partial charge in [-0.1, -0.05) is 28.1 Å². The molecule has 0 saturated heterocycles. The third-order valence-electron chi connectivity index (χ3n) is 3.76. The van der Waals surface area contributed by atoms with E-state index < -0.39 is 0 Å². The third-order valence-corrected chi connectivity index (χ3v) is 4.26. The fraction of sp³-hybridized carbons (Fsp3) is 0.294. The van der Waals surface area contributed by atoms with Crippen molar-refractivity contribution in [1.29, 1.82) is 0 Å². The van der Waals surface area contributed by atoms with Crippen molar-refractivity contribution in [2.24, 2.45) is 0 Å². The standard InChI is InChI=1S/C17H17BrFNO/c1-11(12-3-2-4-15(19)8-12)20-10-16-9-13-7-14(18)5-6-17(13)21-16/h2-8,11,16,20H,9-10H2,1H3. The Labute approximate surface area is 132 Å². The first-order valence-electron chi connectivity index (χ1n) is 7.06. The molecule has 1 N–H and O–H groups in total. The van der Waals surface area contributed by atoms with E-state index in [2.05, 4.69) is 27.3 Å². The Morgan fingerprint density at radius 1 is 1.33 bits per heavy atom. The lowest BCUT2D eigenvalue weighted by Gasteiger charge is -2.17. The molecular weight excluding hydrogens is 333 g/mol. The number of hydrogen-bond donors (Lipinski definition) is 1. The van der Waals surface area contributed by atoms with Gasteiger partial charge in [0.1, 0.15) is 17.7 Å². The number of hydrogen-bond acceptors (Lipinski definition) is 2. The van der Waals surface area contributed by atoms with Crippen LogP contribution in [-0.2, 0) is 6.42 Å². The highest BCUT2D eigenvalue weighted by Gasteiger charge is 2.23. The Kier molecular flexibility index (Phi) is 4.27. The summed E-state index contributed by atoms with van der Waals surface area (Å²) in [5.74, 6) is 0.763. The van der Waals surface area contributed by atoms with E-state index in [9.17, 15) is 4.39 Å². The van der Waals surface area contributed by atoms with E-state index in [1.165, 1.54) is 11.6 Å². The van der Waals surface area contributed by atoms with Crippen molar-refractivity contribution in [2.45, 2.75) is 25.5 Å². The van der Waals surface area contributed by atoms with Gasteiger partial charge in [0.05, 0.1) is 0 Å². The van der Waals surface area contributed by atoms with Gasteiger partial charge < -0.3 is 10.1 Å². The summed E-state index contributed by atoms with van der Waals surface area (Å²) < 4.78 is 20.2. The largest absolute Gasteiger partial charge is 0.488 e. The van der Waals surface area contributed by atoms with E-state index in [0.29, 0.717) is 0 Å². The molecule has 2 aromatic rings. The van der Waals surface area contributed by atoms with Gasteiger partial charge in [-0.2, -0.15) is 0 Å². The fourth-order valence-electron chi connectivity index (χ4n) is 2.60. The van der Waals surface area contributed by atoms with Gasteiger partial charge in [0, 0.05) is 23.5 Å². The molecule has 110 valence electrons. The van der Waals surface area contributed by atoms with Crippen LogP contribution in [-0.4, -0.2) is 12.6 Å². The molecule has 3 rings (SSSR count). The molecule has 1 heterocycles. The smallest absolute Gasteiger partial charge is 0.123 e. The van der Waals surface area contributed by atoms with Crippen molar-refractivity contribution in [3.05, 3.63) is 63.9 Å². The second-order valence-electron chi connectivity index (χ2n) is 5.38. The summed E-state index contributed by atoms with van der Waals surface area (Å²) in [4.78, 5) is 0. The Hall–Kier alpha value is -1.39. The quantitative estimate of drug-likeness (QED) is 0.891. The van der Waals surface area contributed by atoms with Crippen LogP contribution >= 0.6 is 15.9 Å². The van der Waals surface area contributed by atoms with Crippen LogP contribution in [0.5, 0.6) is 5.75 Å². The molecule has 0 spiro atoms. The van der Waals surface area contributed by atoms with Crippen LogP contribution in [0.15, 0.2) is 46.9 Å². The Balaban J connectivity index is 1.57. The predicted octanol–water partition coefficient (Wildman–Crippen LogP) is 4.24. The average molecular weight is 350 g/mol. The molecule has 1 aliphatic heterocycles. The summed E-state index contributed by atoms with van der Waals surface area (Å²) in [7, 11) is 0. The minimum atomic E-state index is -0.199. The number of ether oxygens (including phenoxy) is 1. The Bertz CT molecular complexity index is 646. The lowest BCUT2D eigenvalue weighted by molar-refractivity contribution is 0.222.